The van der Waals surface area contributed by atoms with Crippen molar-refractivity contribution in [2.45, 2.75) is 45.4 Å². The van der Waals surface area contributed by atoms with Crippen LogP contribution in [0.3, 0.4) is 0 Å². The molecule has 2 aromatic rings. The molecule has 0 saturated carbocycles. The molecule has 0 aliphatic heterocycles. The fourth-order valence-corrected chi connectivity index (χ4v) is 3.09. The molecule has 0 saturated heterocycles. The average molecular weight is 311 g/mol. The van der Waals surface area contributed by atoms with Crippen LogP contribution in [0.1, 0.15) is 43.7 Å². The number of carbonyl (C=O) groups excluding carboxylic acids is 1. The summed E-state index contributed by atoms with van der Waals surface area (Å²) in [6, 6.07) is 7.65. The molecule has 5 nitrogen and oxygen atoms in total. The van der Waals surface area contributed by atoms with Crippen molar-refractivity contribution in [1.82, 2.24) is 10.2 Å². The van der Waals surface area contributed by atoms with Crippen molar-refractivity contribution in [2.75, 3.05) is 5.32 Å². The molecule has 1 aliphatic rings. The first-order valence-electron chi connectivity index (χ1n) is 8.19. The van der Waals surface area contributed by atoms with Gasteiger partial charge in [0.25, 0.3) is 5.56 Å². The van der Waals surface area contributed by atoms with Gasteiger partial charge >= 0.3 is 0 Å². The highest BCUT2D eigenvalue weighted by atomic mass is 16.1. The summed E-state index contributed by atoms with van der Waals surface area (Å²) < 4.78 is 0. The summed E-state index contributed by atoms with van der Waals surface area (Å²) in [6.45, 7) is 1.98. The maximum Gasteiger partial charge on any atom is 0.267 e. The maximum absolute atomic E-state index is 12.0. The zero-order valence-electron chi connectivity index (χ0n) is 13.3. The highest BCUT2D eigenvalue weighted by molar-refractivity contribution is 5.91. The molecule has 1 aromatic carbocycles. The number of rotatable bonds is 4. The average Bonchev–Trinajstić information content (AvgIpc) is 2.56. The minimum absolute atomic E-state index is 0.0149. The fraction of sp³-hybridized carbons (Fsp3) is 0.389. The summed E-state index contributed by atoms with van der Waals surface area (Å²) in [5.74, 6) is 0.0149. The lowest BCUT2D eigenvalue weighted by atomic mass is 9.90. The third kappa shape index (κ3) is 3.33. The van der Waals surface area contributed by atoms with Crippen molar-refractivity contribution in [3.05, 3.63) is 45.7 Å². The van der Waals surface area contributed by atoms with E-state index in [4.69, 9.17) is 0 Å². The van der Waals surface area contributed by atoms with E-state index in [-0.39, 0.29) is 11.5 Å². The van der Waals surface area contributed by atoms with E-state index in [2.05, 4.69) is 15.5 Å². The number of hydrogen-bond acceptors (Lipinski definition) is 3. The zero-order valence-corrected chi connectivity index (χ0v) is 13.3. The summed E-state index contributed by atoms with van der Waals surface area (Å²) in [6.07, 6.45) is 5.16. The highest BCUT2D eigenvalue weighted by Crippen LogP contribution is 2.29. The summed E-state index contributed by atoms with van der Waals surface area (Å²) in [5.41, 5.74) is 4.35. The van der Waals surface area contributed by atoms with Crippen molar-refractivity contribution in [3.8, 4) is 11.3 Å². The van der Waals surface area contributed by atoms with Crippen LogP contribution in [0.4, 0.5) is 5.69 Å². The van der Waals surface area contributed by atoms with Gasteiger partial charge in [-0.2, -0.15) is 5.10 Å². The number of aromatic amines is 1. The molecule has 23 heavy (non-hydrogen) atoms. The van der Waals surface area contributed by atoms with Gasteiger partial charge in [-0.1, -0.05) is 19.1 Å². The molecule has 1 amide bonds. The summed E-state index contributed by atoms with van der Waals surface area (Å²) in [4.78, 5) is 23.7. The van der Waals surface area contributed by atoms with E-state index < -0.39 is 0 Å². The van der Waals surface area contributed by atoms with Crippen LogP contribution in [0, 0.1) is 0 Å². The predicted octanol–water partition coefficient (Wildman–Crippen LogP) is 3.05. The number of hydrogen-bond donors (Lipinski definition) is 2. The lowest BCUT2D eigenvalue weighted by Crippen LogP contribution is -2.21. The van der Waals surface area contributed by atoms with E-state index in [1.165, 1.54) is 0 Å². The van der Waals surface area contributed by atoms with Crippen LogP contribution in [-0.4, -0.2) is 16.1 Å². The Kier molecular flexibility index (Phi) is 4.55. The molecule has 5 heteroatoms. The van der Waals surface area contributed by atoms with Gasteiger partial charge in [0.15, 0.2) is 0 Å². The third-order valence-corrected chi connectivity index (χ3v) is 4.19. The van der Waals surface area contributed by atoms with E-state index in [0.717, 1.165) is 60.2 Å². The first kappa shape index (κ1) is 15.5. The normalized spacial score (nSPS) is 13.4. The predicted molar refractivity (Wildman–Crippen MR) is 90.5 cm³/mol. The number of aromatic nitrogens is 2. The molecule has 0 radical (unpaired) electrons. The monoisotopic (exact) mass is 311 g/mol. The number of amides is 1. The molecule has 0 atom stereocenters. The van der Waals surface area contributed by atoms with Crippen molar-refractivity contribution < 1.29 is 4.79 Å². The molecule has 1 aliphatic carbocycles. The van der Waals surface area contributed by atoms with Crippen molar-refractivity contribution in [1.29, 1.82) is 0 Å². The van der Waals surface area contributed by atoms with Crippen LogP contribution < -0.4 is 10.9 Å². The molecule has 0 unspecified atom stereocenters. The van der Waals surface area contributed by atoms with Gasteiger partial charge in [0.2, 0.25) is 5.91 Å². The summed E-state index contributed by atoms with van der Waals surface area (Å²) in [7, 11) is 0. The van der Waals surface area contributed by atoms with Gasteiger partial charge in [0.05, 0.1) is 5.69 Å². The molecule has 1 aromatic heterocycles. The molecule has 120 valence electrons. The summed E-state index contributed by atoms with van der Waals surface area (Å²) >= 11 is 0. The molecular weight excluding hydrogens is 290 g/mol. The van der Waals surface area contributed by atoms with Gasteiger partial charge in [0.1, 0.15) is 0 Å². The van der Waals surface area contributed by atoms with Crippen LogP contribution in [0.5, 0.6) is 0 Å². The number of nitrogens with one attached hydrogen (secondary N) is 2. The highest BCUT2D eigenvalue weighted by Gasteiger charge is 2.19. The van der Waals surface area contributed by atoms with Crippen LogP contribution in [0.2, 0.25) is 0 Å². The van der Waals surface area contributed by atoms with Crippen LogP contribution in [0.25, 0.3) is 11.3 Å². The van der Waals surface area contributed by atoms with Gasteiger partial charge < -0.3 is 5.32 Å². The number of carbonyl (C=O) groups is 1. The zero-order chi connectivity index (χ0) is 16.2. The molecule has 0 fully saturated rings. The number of H-pyrrole nitrogens is 1. The minimum atomic E-state index is -0.0733. The fourth-order valence-electron chi connectivity index (χ4n) is 3.09. The second kappa shape index (κ2) is 6.77. The van der Waals surface area contributed by atoms with Crippen molar-refractivity contribution >= 4 is 11.6 Å². The van der Waals surface area contributed by atoms with E-state index in [1.807, 2.05) is 31.2 Å². The molecule has 1 heterocycles. The minimum Gasteiger partial charge on any atom is -0.326 e. The Morgan fingerprint density at radius 2 is 2.04 bits per heavy atom. The first-order chi connectivity index (χ1) is 11.2. The standard InChI is InChI=1S/C18H21N3O2/c1-2-6-16(22)19-13-8-5-7-12(11-13)17-14-9-3-4-10-15(14)18(23)21-20-17/h5,7-8,11H,2-4,6,9-10H2,1H3,(H,19,22)(H,21,23). The quantitative estimate of drug-likeness (QED) is 0.911. The number of benzene rings is 1. The number of fused-ring (bicyclic) bond motifs is 1. The number of anilines is 1. The third-order valence-electron chi connectivity index (χ3n) is 4.19. The van der Waals surface area contributed by atoms with Gasteiger partial charge in [-0.25, -0.2) is 5.10 Å². The Balaban J connectivity index is 1.96. The summed E-state index contributed by atoms with van der Waals surface area (Å²) in [5, 5.41) is 9.79. The van der Waals surface area contributed by atoms with Crippen LogP contribution in [-0.2, 0) is 17.6 Å². The Labute approximate surface area is 135 Å². The molecule has 0 bridgehead atoms. The van der Waals surface area contributed by atoms with Gasteiger partial charge in [-0.3, -0.25) is 9.59 Å². The molecule has 3 rings (SSSR count). The Morgan fingerprint density at radius 3 is 2.83 bits per heavy atom. The maximum atomic E-state index is 12.0. The largest absolute Gasteiger partial charge is 0.326 e. The topological polar surface area (TPSA) is 74.8 Å². The molecular formula is C18H21N3O2. The Bertz CT molecular complexity index is 780. The first-order valence-corrected chi connectivity index (χ1v) is 8.19. The Morgan fingerprint density at radius 1 is 1.26 bits per heavy atom. The Hall–Kier alpha value is -2.43. The SMILES string of the molecule is CCCC(=O)Nc1cccc(-c2n[nH]c(=O)c3c2CCCC3)c1. The second-order valence-electron chi connectivity index (χ2n) is 5.94. The van der Waals surface area contributed by atoms with Gasteiger partial charge in [-0.15, -0.1) is 0 Å². The van der Waals surface area contributed by atoms with E-state index >= 15 is 0 Å². The second-order valence-corrected chi connectivity index (χ2v) is 5.94. The molecule has 2 N–H and O–H groups in total. The number of nitrogens with zero attached hydrogens (tertiary/aromatic N) is 1. The van der Waals surface area contributed by atoms with Crippen molar-refractivity contribution in [3.63, 3.8) is 0 Å². The lowest BCUT2D eigenvalue weighted by molar-refractivity contribution is -0.116. The van der Waals surface area contributed by atoms with E-state index in [0.29, 0.717) is 6.42 Å². The van der Waals surface area contributed by atoms with Crippen molar-refractivity contribution in [2.24, 2.45) is 0 Å². The van der Waals surface area contributed by atoms with Gasteiger partial charge in [0, 0.05) is 23.2 Å². The lowest BCUT2D eigenvalue weighted by Gasteiger charge is -2.17. The van der Waals surface area contributed by atoms with Crippen LogP contribution >= 0.6 is 0 Å². The van der Waals surface area contributed by atoms with E-state index in [9.17, 15) is 9.59 Å². The van der Waals surface area contributed by atoms with Gasteiger partial charge in [-0.05, 0) is 49.8 Å². The van der Waals surface area contributed by atoms with Crippen LogP contribution in [0.15, 0.2) is 29.1 Å². The van der Waals surface area contributed by atoms with E-state index in [1.54, 1.807) is 0 Å². The smallest absolute Gasteiger partial charge is 0.267 e. The molecule has 0 spiro atoms.